The average molecular weight is 190 g/mol. The summed E-state index contributed by atoms with van der Waals surface area (Å²) >= 11 is 0. The summed E-state index contributed by atoms with van der Waals surface area (Å²) in [6.45, 7) is 9.51. The standard InChI is InChI=1S/C7H6N2.C5H12/c1-2-6-4-8-5-7(6)9-3-1;1-5(2,3)4/h1-4H,5H2;1-4H3. The molecular formula is C12H18N2. The van der Waals surface area contributed by atoms with Gasteiger partial charge in [-0.1, -0.05) is 33.8 Å². The Bertz CT molecular complexity index is 315. The van der Waals surface area contributed by atoms with E-state index in [4.69, 9.17) is 0 Å². The highest BCUT2D eigenvalue weighted by Gasteiger charge is 2.03. The normalized spacial score (nSPS) is 13.1. The van der Waals surface area contributed by atoms with E-state index in [9.17, 15) is 0 Å². The van der Waals surface area contributed by atoms with Crippen molar-refractivity contribution in [3.8, 4) is 0 Å². The van der Waals surface area contributed by atoms with Crippen molar-refractivity contribution in [3.63, 3.8) is 0 Å². The summed E-state index contributed by atoms with van der Waals surface area (Å²) in [5, 5.41) is 0. The largest absolute Gasteiger partial charge is 0.286 e. The van der Waals surface area contributed by atoms with Crippen LogP contribution in [0.5, 0.6) is 0 Å². The van der Waals surface area contributed by atoms with E-state index >= 15 is 0 Å². The maximum atomic E-state index is 4.13. The molecule has 0 N–H and O–H groups in total. The van der Waals surface area contributed by atoms with E-state index in [1.54, 1.807) is 6.20 Å². The highest BCUT2D eigenvalue weighted by molar-refractivity contribution is 5.83. The lowest BCUT2D eigenvalue weighted by Gasteiger charge is -2.05. The molecule has 0 aromatic carbocycles. The van der Waals surface area contributed by atoms with Crippen LogP contribution in [0.4, 0.5) is 0 Å². The number of aliphatic imine (C=N–C) groups is 1. The SMILES string of the molecule is C1=NCc2ncccc21.CC(C)(C)C. The van der Waals surface area contributed by atoms with Crippen molar-refractivity contribution in [1.82, 2.24) is 4.98 Å². The van der Waals surface area contributed by atoms with Gasteiger partial charge in [0.2, 0.25) is 0 Å². The molecule has 0 fully saturated rings. The van der Waals surface area contributed by atoms with Crippen molar-refractivity contribution in [1.29, 1.82) is 0 Å². The highest BCUT2D eigenvalue weighted by atomic mass is 14.8. The van der Waals surface area contributed by atoms with Crippen LogP contribution in [0.3, 0.4) is 0 Å². The molecule has 1 aliphatic heterocycles. The van der Waals surface area contributed by atoms with Crippen LogP contribution >= 0.6 is 0 Å². The first kappa shape index (κ1) is 10.9. The van der Waals surface area contributed by atoms with Gasteiger partial charge in [-0.25, -0.2) is 0 Å². The summed E-state index contributed by atoms with van der Waals surface area (Å²) in [6, 6.07) is 3.95. The number of hydrogen-bond acceptors (Lipinski definition) is 2. The van der Waals surface area contributed by atoms with Crippen LogP contribution < -0.4 is 0 Å². The van der Waals surface area contributed by atoms with Gasteiger partial charge < -0.3 is 0 Å². The summed E-state index contributed by atoms with van der Waals surface area (Å²) in [5.74, 6) is 0. The summed E-state index contributed by atoms with van der Waals surface area (Å²) < 4.78 is 0. The van der Waals surface area contributed by atoms with Crippen LogP contribution in [0.1, 0.15) is 39.0 Å². The highest BCUT2D eigenvalue weighted by Crippen LogP contribution is 2.09. The number of rotatable bonds is 0. The maximum Gasteiger partial charge on any atom is 0.0818 e. The maximum absolute atomic E-state index is 4.13. The summed E-state index contributed by atoms with van der Waals surface area (Å²) in [4.78, 5) is 8.20. The smallest absolute Gasteiger partial charge is 0.0818 e. The minimum absolute atomic E-state index is 0.500. The van der Waals surface area contributed by atoms with Gasteiger partial charge in [0.25, 0.3) is 0 Å². The number of pyridine rings is 1. The third kappa shape index (κ3) is 4.17. The fraction of sp³-hybridized carbons (Fsp3) is 0.500. The lowest BCUT2D eigenvalue weighted by Crippen LogP contribution is -1.93. The molecular weight excluding hydrogens is 172 g/mol. The average Bonchev–Trinajstić information content (AvgIpc) is 2.47. The quantitative estimate of drug-likeness (QED) is 0.617. The van der Waals surface area contributed by atoms with Gasteiger partial charge in [0.15, 0.2) is 0 Å². The van der Waals surface area contributed by atoms with E-state index in [1.807, 2.05) is 18.3 Å². The molecule has 2 heteroatoms. The molecule has 0 bridgehead atoms. The van der Waals surface area contributed by atoms with Crippen molar-refractivity contribution in [2.45, 2.75) is 34.2 Å². The number of hydrogen-bond donors (Lipinski definition) is 0. The molecule has 14 heavy (non-hydrogen) atoms. The molecule has 0 saturated heterocycles. The van der Waals surface area contributed by atoms with E-state index < -0.39 is 0 Å². The lowest BCUT2D eigenvalue weighted by atomic mass is 10.0. The number of fused-ring (bicyclic) bond motifs is 1. The monoisotopic (exact) mass is 190 g/mol. The van der Waals surface area contributed by atoms with Gasteiger partial charge in [-0.3, -0.25) is 9.98 Å². The molecule has 1 aliphatic rings. The summed E-state index contributed by atoms with van der Waals surface area (Å²) in [6.07, 6.45) is 3.66. The van der Waals surface area contributed by atoms with Gasteiger partial charge in [-0.2, -0.15) is 0 Å². The first-order valence-electron chi connectivity index (χ1n) is 4.90. The van der Waals surface area contributed by atoms with E-state index in [-0.39, 0.29) is 0 Å². The van der Waals surface area contributed by atoms with Crippen molar-refractivity contribution in [3.05, 3.63) is 29.6 Å². The Morgan fingerprint density at radius 3 is 2.43 bits per heavy atom. The van der Waals surface area contributed by atoms with Crippen molar-refractivity contribution < 1.29 is 0 Å². The van der Waals surface area contributed by atoms with Crippen molar-refractivity contribution in [2.75, 3.05) is 0 Å². The van der Waals surface area contributed by atoms with Gasteiger partial charge >= 0.3 is 0 Å². The van der Waals surface area contributed by atoms with Crippen LogP contribution in [-0.4, -0.2) is 11.2 Å². The van der Waals surface area contributed by atoms with Gasteiger partial charge in [0, 0.05) is 18.0 Å². The first-order valence-corrected chi connectivity index (χ1v) is 4.90. The minimum Gasteiger partial charge on any atom is -0.286 e. The summed E-state index contributed by atoms with van der Waals surface area (Å²) in [5.41, 5.74) is 2.76. The van der Waals surface area contributed by atoms with Gasteiger partial charge in [0.1, 0.15) is 0 Å². The fourth-order valence-electron chi connectivity index (χ4n) is 0.931. The number of aromatic nitrogens is 1. The molecule has 1 aromatic rings. The van der Waals surface area contributed by atoms with Gasteiger partial charge in [-0.15, -0.1) is 0 Å². The number of nitrogens with zero attached hydrogens (tertiary/aromatic N) is 2. The van der Waals surface area contributed by atoms with E-state index in [2.05, 4.69) is 37.7 Å². The molecule has 76 valence electrons. The van der Waals surface area contributed by atoms with E-state index in [0.717, 1.165) is 17.8 Å². The molecule has 2 heterocycles. The molecule has 0 spiro atoms. The van der Waals surface area contributed by atoms with Crippen LogP contribution in [0.15, 0.2) is 23.3 Å². The zero-order chi connectivity index (χ0) is 10.6. The lowest BCUT2D eigenvalue weighted by molar-refractivity contribution is 0.469. The topological polar surface area (TPSA) is 25.2 Å². The Morgan fingerprint density at radius 2 is 1.86 bits per heavy atom. The fourth-order valence-corrected chi connectivity index (χ4v) is 0.931. The van der Waals surface area contributed by atoms with Gasteiger partial charge in [-0.05, 0) is 11.5 Å². The predicted octanol–water partition coefficient (Wildman–Crippen LogP) is 3.07. The second-order valence-corrected chi connectivity index (χ2v) is 5.01. The Kier molecular flexibility index (Phi) is 3.39. The molecule has 0 saturated carbocycles. The molecule has 1 aromatic heterocycles. The molecule has 0 atom stereocenters. The third-order valence-corrected chi connectivity index (χ3v) is 1.40. The zero-order valence-electron chi connectivity index (χ0n) is 9.41. The van der Waals surface area contributed by atoms with Crippen LogP contribution in [0.2, 0.25) is 0 Å². The van der Waals surface area contributed by atoms with E-state index in [0.29, 0.717) is 5.41 Å². The van der Waals surface area contributed by atoms with Gasteiger partial charge in [0.05, 0.1) is 12.2 Å². The van der Waals surface area contributed by atoms with Crippen LogP contribution in [0, 0.1) is 5.41 Å². The first-order chi connectivity index (χ1) is 6.47. The second-order valence-electron chi connectivity index (χ2n) is 5.01. The molecule has 0 aliphatic carbocycles. The van der Waals surface area contributed by atoms with Crippen molar-refractivity contribution >= 4 is 6.21 Å². The van der Waals surface area contributed by atoms with E-state index in [1.165, 1.54) is 0 Å². The van der Waals surface area contributed by atoms with Crippen molar-refractivity contribution in [2.24, 2.45) is 10.4 Å². The molecule has 0 amide bonds. The molecule has 0 unspecified atom stereocenters. The Labute approximate surface area is 86.1 Å². The van der Waals surface area contributed by atoms with Crippen LogP contribution in [0.25, 0.3) is 0 Å². The molecule has 0 radical (unpaired) electrons. The molecule has 2 nitrogen and oxygen atoms in total. The van der Waals surface area contributed by atoms with Crippen LogP contribution in [-0.2, 0) is 6.54 Å². The Balaban J connectivity index is 0.000000171. The second kappa shape index (κ2) is 4.36. The Hall–Kier alpha value is -1.18. The third-order valence-electron chi connectivity index (χ3n) is 1.40. The molecule has 2 rings (SSSR count). The predicted molar refractivity (Wildman–Crippen MR) is 60.7 cm³/mol. The summed E-state index contributed by atoms with van der Waals surface area (Å²) in [7, 11) is 0. The minimum atomic E-state index is 0.500. The Morgan fingerprint density at radius 1 is 1.21 bits per heavy atom. The zero-order valence-corrected chi connectivity index (χ0v) is 9.41.